The lowest BCUT2D eigenvalue weighted by molar-refractivity contribution is 0.0988. The number of carbonyl (C=O) groups is 2. The van der Waals surface area contributed by atoms with E-state index >= 15 is 0 Å². The average molecular weight is 956 g/mol. The maximum Gasteiger partial charge on any atom is 0.188 e. The summed E-state index contributed by atoms with van der Waals surface area (Å²) in [4.78, 5) is 54.1. The number of aryl methyl sites for hydroxylation is 4. The van der Waals surface area contributed by atoms with Crippen molar-refractivity contribution in [2.75, 3.05) is 41.7 Å². The van der Waals surface area contributed by atoms with Crippen molar-refractivity contribution in [1.82, 2.24) is 35.2 Å². The lowest BCUT2D eigenvalue weighted by Gasteiger charge is -2.17. The first-order valence-corrected chi connectivity index (χ1v) is 22.2. The first-order valence-electron chi connectivity index (χ1n) is 19.4. The number of carbonyl (C=O) groups excluding carboxylic acids is 2. The van der Waals surface area contributed by atoms with Gasteiger partial charge in [0.15, 0.2) is 21.8 Å². The van der Waals surface area contributed by atoms with Gasteiger partial charge in [-0.05, 0) is 81.5 Å². The highest BCUT2D eigenvalue weighted by atomic mass is 35.5. The van der Waals surface area contributed by atoms with E-state index < -0.39 is 0 Å². The van der Waals surface area contributed by atoms with E-state index in [-0.39, 0.29) is 51.5 Å². The molecule has 0 unspecified atom stereocenters. The predicted molar refractivity (Wildman–Crippen MR) is 258 cm³/mol. The molecule has 2 aromatic carbocycles. The predicted octanol–water partition coefficient (Wildman–Crippen LogP) is 9.58. The fraction of sp³-hybridized carbons (Fsp3) is 0.364. The average Bonchev–Trinajstić information content (AvgIpc) is 4.05. The van der Waals surface area contributed by atoms with Crippen LogP contribution in [0.3, 0.4) is 0 Å². The number of aliphatic hydroxyl groups excluding tert-OH is 2. The van der Waals surface area contributed by atoms with Gasteiger partial charge in [-0.15, -0.1) is 0 Å². The number of nitrogens with one attached hydrogen (secondary N) is 3. The fourth-order valence-corrected chi connectivity index (χ4v) is 8.70. The van der Waals surface area contributed by atoms with E-state index in [1.54, 1.807) is 37.5 Å². The van der Waals surface area contributed by atoms with Crippen LogP contribution in [0.5, 0.6) is 0 Å². The van der Waals surface area contributed by atoms with Gasteiger partial charge in [-0.2, -0.15) is 0 Å². The Balaban J connectivity index is 0.000000240. The molecule has 2 atom stereocenters. The highest BCUT2D eigenvalue weighted by molar-refractivity contribution is 7.17. The molecule has 4 aromatic heterocycles. The Labute approximate surface area is 391 Å². The van der Waals surface area contributed by atoms with E-state index in [4.69, 9.17) is 39.9 Å². The minimum absolute atomic E-state index is 0. The molecule has 0 saturated carbocycles. The molecule has 0 aliphatic carbocycles. The number of aromatic nitrogens is 6. The van der Waals surface area contributed by atoms with Crippen LogP contribution in [-0.4, -0.2) is 90.1 Å². The maximum absolute atomic E-state index is 12.7. The van der Waals surface area contributed by atoms with Crippen molar-refractivity contribution in [2.24, 2.45) is 0 Å². The zero-order valence-electron chi connectivity index (χ0n) is 33.9. The van der Waals surface area contributed by atoms with Crippen molar-refractivity contribution < 1.29 is 19.8 Å². The Hall–Kier alpha value is -4.65. The largest absolute Gasteiger partial charge is 0.392 e. The molecule has 2 aliphatic rings. The lowest BCUT2D eigenvalue weighted by Crippen LogP contribution is -2.22. The molecule has 2 saturated heterocycles. The Morgan fingerprint density at radius 1 is 0.746 bits per heavy atom. The van der Waals surface area contributed by atoms with E-state index in [1.807, 2.05) is 56.0 Å². The number of thiazole rings is 2. The van der Waals surface area contributed by atoms with Crippen LogP contribution in [0.2, 0.25) is 15.2 Å². The molecule has 14 nitrogen and oxygen atoms in total. The normalized spacial score (nSPS) is 15.2. The minimum atomic E-state index is -0.328. The first kappa shape index (κ1) is 51.0. The quantitative estimate of drug-likeness (QED) is 0.0609. The second-order valence-corrected chi connectivity index (χ2v) is 17.7. The van der Waals surface area contributed by atoms with E-state index in [1.165, 1.54) is 22.7 Å². The molecule has 0 radical (unpaired) electrons. The summed E-state index contributed by atoms with van der Waals surface area (Å²) in [5.74, 6) is 3.03. The van der Waals surface area contributed by atoms with Crippen LogP contribution in [0.15, 0.2) is 60.9 Å². The highest BCUT2D eigenvalue weighted by Crippen LogP contribution is 2.29. The minimum Gasteiger partial charge on any atom is -0.392 e. The molecule has 2 fully saturated rings. The summed E-state index contributed by atoms with van der Waals surface area (Å²) in [6.07, 6.45) is 4.88. The number of aliphatic hydroxyl groups is 2. The number of rotatable bonds is 11. The molecule has 0 amide bonds. The second-order valence-electron chi connectivity index (χ2n) is 14.4. The van der Waals surface area contributed by atoms with Gasteiger partial charge in [-0.3, -0.25) is 9.59 Å². The van der Waals surface area contributed by atoms with Gasteiger partial charge in [-0.25, -0.2) is 29.9 Å². The standard InChI is InChI=1S/C21H22ClN5O2S.C17H14Cl2N4OS.C4H9NO.2CH4/c1-12-4-3-5-16(22)15(12)8-17(29)18-10-23-21(30-18)26-19-9-20(25-13(2)24-19)27-7-6-14(28)11-27;1-9-4-3-5-12(18)11(9)6-13(24)14-8-20-17(25-14)23-16-7-15(19)21-10(2)22-16;6-4-1-2-5-3-4;;/h3-5,9-10,14,28H,6-8,11H2,1-2H3,(H,23,24,25,26);3-5,7-8H,6H2,1-2H3,(H,20,21,22,23);4-6H,1-3H2;2*1H4/t14-;;4-;;/m1.1../s1. The van der Waals surface area contributed by atoms with Crippen molar-refractivity contribution in [3.63, 3.8) is 0 Å². The second kappa shape index (κ2) is 23.9. The van der Waals surface area contributed by atoms with Crippen LogP contribution in [0.1, 0.15) is 80.9 Å². The van der Waals surface area contributed by atoms with Crippen LogP contribution in [-0.2, 0) is 12.8 Å². The van der Waals surface area contributed by atoms with Gasteiger partial charge in [-0.1, -0.05) is 96.6 Å². The Morgan fingerprint density at radius 3 is 1.70 bits per heavy atom. The summed E-state index contributed by atoms with van der Waals surface area (Å²) in [6, 6.07) is 14.7. The maximum atomic E-state index is 12.7. The number of halogens is 3. The zero-order valence-corrected chi connectivity index (χ0v) is 37.8. The van der Waals surface area contributed by atoms with Crippen LogP contribution < -0.4 is 20.9 Å². The Bertz CT molecular complexity index is 2420. The number of benzene rings is 2. The molecular weight excluding hydrogens is 903 g/mol. The Morgan fingerprint density at radius 2 is 1.27 bits per heavy atom. The SMILES string of the molecule is C.C.Cc1nc(Cl)cc(Nc2ncc(C(=O)Cc3c(C)cccc3Cl)s2)n1.Cc1nc(Nc2ncc(C(=O)Cc3c(C)cccc3Cl)s2)cc(N2CC[C@@H](O)C2)n1.O[C@@H]1CCNC1. The number of β-amino-alcohol motifs (C(OH)–C–C–N with tert-alkyl or cyclic N) is 2. The molecule has 0 bridgehead atoms. The van der Waals surface area contributed by atoms with Crippen LogP contribution >= 0.6 is 57.5 Å². The van der Waals surface area contributed by atoms with Gasteiger partial charge in [0.05, 0.1) is 34.4 Å². The topological polar surface area (TPSA) is 191 Å². The summed E-state index contributed by atoms with van der Waals surface area (Å²) >= 11 is 20.9. The van der Waals surface area contributed by atoms with Crippen LogP contribution in [0.4, 0.5) is 27.7 Å². The van der Waals surface area contributed by atoms with E-state index in [0.717, 1.165) is 60.5 Å². The fourth-order valence-electron chi connectivity index (χ4n) is 6.38. The van der Waals surface area contributed by atoms with Gasteiger partial charge >= 0.3 is 0 Å². The summed E-state index contributed by atoms with van der Waals surface area (Å²) < 4.78 is 0. The summed E-state index contributed by atoms with van der Waals surface area (Å²) in [5.41, 5.74) is 3.68. The van der Waals surface area contributed by atoms with Gasteiger partial charge in [0.25, 0.3) is 0 Å². The van der Waals surface area contributed by atoms with Crippen molar-refractivity contribution in [3.8, 4) is 0 Å². The van der Waals surface area contributed by atoms with E-state index in [0.29, 0.717) is 65.0 Å². The third kappa shape index (κ3) is 14.7. The number of ketones is 2. The van der Waals surface area contributed by atoms with Crippen LogP contribution in [0.25, 0.3) is 0 Å². The van der Waals surface area contributed by atoms with Crippen molar-refractivity contribution >= 4 is 96.8 Å². The number of hydrogen-bond acceptors (Lipinski definition) is 16. The molecule has 19 heteroatoms. The van der Waals surface area contributed by atoms with E-state index in [9.17, 15) is 14.7 Å². The molecule has 5 N–H and O–H groups in total. The molecule has 336 valence electrons. The van der Waals surface area contributed by atoms with Crippen molar-refractivity contribution in [2.45, 2.75) is 80.4 Å². The zero-order chi connectivity index (χ0) is 43.6. The van der Waals surface area contributed by atoms with E-state index in [2.05, 4.69) is 45.9 Å². The Kier molecular flexibility index (Phi) is 19.3. The van der Waals surface area contributed by atoms with Crippen molar-refractivity contribution in [3.05, 3.63) is 120 Å². The molecule has 6 heterocycles. The number of nitrogens with zero attached hydrogens (tertiary/aromatic N) is 7. The molecule has 63 heavy (non-hydrogen) atoms. The highest BCUT2D eigenvalue weighted by Gasteiger charge is 2.23. The monoisotopic (exact) mass is 954 g/mol. The third-order valence-corrected chi connectivity index (χ3v) is 12.4. The first-order chi connectivity index (χ1) is 29.2. The summed E-state index contributed by atoms with van der Waals surface area (Å²) in [6.45, 7) is 10.6. The van der Waals surface area contributed by atoms with Gasteiger partial charge in [0.2, 0.25) is 0 Å². The van der Waals surface area contributed by atoms with Gasteiger partial charge in [0.1, 0.15) is 34.3 Å². The van der Waals surface area contributed by atoms with Gasteiger partial charge < -0.3 is 31.1 Å². The van der Waals surface area contributed by atoms with Crippen LogP contribution in [0, 0.1) is 27.7 Å². The molecule has 6 aromatic rings. The molecular formula is C44H53Cl3N10O4S2. The summed E-state index contributed by atoms with van der Waals surface area (Å²) in [5, 5.41) is 30.4. The number of Topliss-reactive ketones (excluding diaryl/α,β-unsaturated/α-hetero) is 2. The lowest BCUT2D eigenvalue weighted by atomic mass is 10.0. The molecule has 8 rings (SSSR count). The van der Waals surface area contributed by atoms with Crippen molar-refractivity contribution in [1.29, 1.82) is 0 Å². The third-order valence-electron chi connectivity index (χ3n) is 9.56. The number of anilines is 5. The smallest absolute Gasteiger partial charge is 0.188 e. The molecule has 0 spiro atoms. The van der Waals surface area contributed by atoms with Gasteiger partial charge in [0, 0.05) is 54.7 Å². The number of hydrogen-bond donors (Lipinski definition) is 5. The molecule has 2 aliphatic heterocycles. The summed E-state index contributed by atoms with van der Waals surface area (Å²) in [7, 11) is 0.